The fourth-order valence-corrected chi connectivity index (χ4v) is 3.65. The highest BCUT2D eigenvalue weighted by molar-refractivity contribution is 7.98. The van der Waals surface area contributed by atoms with E-state index >= 15 is 0 Å². The Labute approximate surface area is 156 Å². The minimum atomic E-state index is -2.83. The number of fused-ring (bicyclic) bond motifs is 1. The number of benzene rings is 1. The van der Waals surface area contributed by atoms with Gasteiger partial charge in [-0.3, -0.25) is 4.40 Å². The molecule has 0 aliphatic heterocycles. The van der Waals surface area contributed by atoms with Gasteiger partial charge in [-0.1, -0.05) is 41.9 Å². The fraction of sp³-hybridized carbons (Fsp3) is 0.118. The van der Waals surface area contributed by atoms with Gasteiger partial charge in [-0.05, 0) is 11.6 Å². The molecule has 0 radical (unpaired) electrons. The molecule has 0 bridgehead atoms. The molecule has 5 nitrogen and oxygen atoms in total. The predicted molar refractivity (Wildman–Crippen MR) is 94.5 cm³/mol. The van der Waals surface area contributed by atoms with E-state index in [1.54, 1.807) is 16.2 Å². The molecule has 0 N–H and O–H groups in total. The molecule has 4 rings (SSSR count). The minimum absolute atomic E-state index is 0.0819. The molecule has 0 spiro atoms. The van der Waals surface area contributed by atoms with Crippen molar-refractivity contribution in [1.29, 1.82) is 0 Å². The third-order valence-electron chi connectivity index (χ3n) is 3.63. The lowest BCUT2D eigenvalue weighted by molar-refractivity contribution is 0.116. The van der Waals surface area contributed by atoms with Crippen LogP contribution in [0.1, 0.15) is 17.9 Å². The first-order chi connectivity index (χ1) is 12.6. The third kappa shape index (κ3) is 3.30. The summed E-state index contributed by atoms with van der Waals surface area (Å²) in [6.07, 6.45) is 0.530. The molecule has 3 aromatic heterocycles. The van der Waals surface area contributed by atoms with Gasteiger partial charge in [0.2, 0.25) is 5.82 Å². The Morgan fingerprint density at radius 1 is 1.19 bits per heavy atom. The van der Waals surface area contributed by atoms with E-state index in [2.05, 4.69) is 15.2 Å². The van der Waals surface area contributed by atoms with E-state index in [0.29, 0.717) is 10.5 Å². The van der Waals surface area contributed by atoms with Gasteiger partial charge in [0, 0.05) is 16.8 Å². The number of aromatic nitrogens is 4. The summed E-state index contributed by atoms with van der Waals surface area (Å²) in [5, 5.41) is 7.49. The monoisotopic (exact) mass is 392 g/mol. The maximum absolute atomic E-state index is 12.7. The minimum Gasteiger partial charge on any atom is -0.412 e. The van der Waals surface area contributed by atoms with Gasteiger partial charge < -0.3 is 4.42 Å². The number of nitrogens with zero attached hydrogens (tertiary/aromatic N) is 4. The van der Waals surface area contributed by atoms with Crippen LogP contribution in [0.15, 0.2) is 58.1 Å². The molecule has 0 aliphatic rings. The number of imidazole rings is 1. The van der Waals surface area contributed by atoms with Crippen LogP contribution in [-0.4, -0.2) is 19.6 Å². The maximum atomic E-state index is 12.7. The van der Waals surface area contributed by atoms with E-state index in [1.165, 1.54) is 11.8 Å². The van der Waals surface area contributed by atoms with Crippen molar-refractivity contribution in [3.63, 3.8) is 0 Å². The highest BCUT2D eigenvalue weighted by Crippen LogP contribution is 2.31. The van der Waals surface area contributed by atoms with Gasteiger partial charge >= 0.3 is 6.43 Å². The predicted octanol–water partition coefficient (Wildman–Crippen LogP) is 5.27. The van der Waals surface area contributed by atoms with E-state index in [-0.39, 0.29) is 11.7 Å². The number of hydrogen-bond donors (Lipinski definition) is 0. The number of halogens is 3. The van der Waals surface area contributed by atoms with Crippen LogP contribution in [0.2, 0.25) is 5.02 Å². The van der Waals surface area contributed by atoms with Crippen LogP contribution in [0.5, 0.6) is 0 Å². The summed E-state index contributed by atoms with van der Waals surface area (Å²) < 4.78 is 32.0. The zero-order valence-electron chi connectivity index (χ0n) is 13.1. The molecule has 0 amide bonds. The third-order valence-corrected chi connectivity index (χ3v) is 4.97. The lowest BCUT2D eigenvalue weighted by atomic mass is 10.2. The smallest absolute Gasteiger partial charge is 0.314 e. The summed E-state index contributed by atoms with van der Waals surface area (Å²) in [6.45, 7) is 0. The van der Waals surface area contributed by atoms with Crippen molar-refractivity contribution in [2.75, 3.05) is 0 Å². The first kappa shape index (κ1) is 17.0. The van der Waals surface area contributed by atoms with Crippen molar-refractivity contribution in [3.05, 3.63) is 65.3 Å². The molecule has 1 aromatic carbocycles. The van der Waals surface area contributed by atoms with Crippen LogP contribution in [0.3, 0.4) is 0 Å². The number of pyridine rings is 1. The second-order valence-corrected chi connectivity index (χ2v) is 6.84. The highest BCUT2D eigenvalue weighted by atomic mass is 35.5. The Morgan fingerprint density at radius 2 is 2.00 bits per heavy atom. The van der Waals surface area contributed by atoms with Crippen molar-refractivity contribution < 1.29 is 13.2 Å². The van der Waals surface area contributed by atoms with Crippen LogP contribution < -0.4 is 0 Å². The summed E-state index contributed by atoms with van der Waals surface area (Å²) in [7, 11) is 0. The second-order valence-electron chi connectivity index (χ2n) is 5.38. The first-order valence-corrected chi connectivity index (χ1v) is 8.93. The zero-order valence-corrected chi connectivity index (χ0v) is 14.7. The summed E-state index contributed by atoms with van der Waals surface area (Å²) >= 11 is 7.94. The molecule has 0 fully saturated rings. The van der Waals surface area contributed by atoms with E-state index in [1.807, 2.05) is 42.6 Å². The Kier molecular flexibility index (Phi) is 4.60. The van der Waals surface area contributed by atoms with Crippen LogP contribution >= 0.6 is 23.4 Å². The van der Waals surface area contributed by atoms with E-state index in [9.17, 15) is 8.78 Å². The van der Waals surface area contributed by atoms with Gasteiger partial charge in [0.15, 0.2) is 0 Å². The molecule has 0 unspecified atom stereocenters. The number of thioether (sulfide) groups is 1. The summed E-state index contributed by atoms with van der Waals surface area (Å²) in [6, 6.07) is 11.9. The number of alkyl halides is 2. The highest BCUT2D eigenvalue weighted by Gasteiger charge is 2.20. The fourth-order valence-electron chi connectivity index (χ4n) is 2.42. The van der Waals surface area contributed by atoms with E-state index in [4.69, 9.17) is 16.0 Å². The maximum Gasteiger partial charge on any atom is 0.314 e. The molecule has 4 aromatic rings. The molecule has 0 saturated heterocycles. The Hall–Kier alpha value is -2.45. The molecule has 0 atom stereocenters. The quantitative estimate of drug-likeness (QED) is 0.433. The normalized spacial score (nSPS) is 11.5. The molecule has 3 heterocycles. The molecule has 0 saturated carbocycles. The van der Waals surface area contributed by atoms with E-state index in [0.717, 1.165) is 10.6 Å². The topological polar surface area (TPSA) is 56.2 Å². The van der Waals surface area contributed by atoms with Crippen molar-refractivity contribution in [2.45, 2.75) is 17.1 Å². The number of hydrogen-bond acceptors (Lipinski definition) is 5. The van der Waals surface area contributed by atoms with Crippen LogP contribution in [0, 0.1) is 0 Å². The van der Waals surface area contributed by atoms with Crippen LogP contribution in [-0.2, 0) is 5.75 Å². The van der Waals surface area contributed by atoms with Gasteiger partial charge in [-0.15, -0.1) is 22.0 Å². The van der Waals surface area contributed by atoms with Crippen molar-refractivity contribution >= 4 is 28.9 Å². The largest absolute Gasteiger partial charge is 0.412 e. The molecule has 9 heteroatoms. The van der Waals surface area contributed by atoms with Crippen molar-refractivity contribution in [3.8, 4) is 11.7 Å². The summed E-state index contributed by atoms with van der Waals surface area (Å²) in [4.78, 5) is 5.09. The van der Waals surface area contributed by atoms with Crippen molar-refractivity contribution in [2.24, 2.45) is 0 Å². The van der Waals surface area contributed by atoms with Gasteiger partial charge in [0.1, 0.15) is 0 Å². The van der Waals surface area contributed by atoms with Crippen LogP contribution in [0.25, 0.3) is 17.2 Å². The lowest BCUT2D eigenvalue weighted by Crippen LogP contribution is -1.92. The summed E-state index contributed by atoms with van der Waals surface area (Å²) in [5.41, 5.74) is 1.81. The lowest BCUT2D eigenvalue weighted by Gasteiger charge is -2.06. The Morgan fingerprint density at radius 3 is 2.73 bits per heavy atom. The molecule has 132 valence electrons. The van der Waals surface area contributed by atoms with Crippen molar-refractivity contribution in [1.82, 2.24) is 19.6 Å². The standard InChI is InChI=1S/C17H11ClF2N4OS/c18-12-6-11(26-9-10-4-2-1-3-5-10)8-24-13(12)7-21-15(24)17-23-22-16(25-17)14(19)20/h1-8,14H,9H2. The Balaban J connectivity index is 1.68. The first-order valence-electron chi connectivity index (χ1n) is 7.57. The second kappa shape index (κ2) is 7.05. The average Bonchev–Trinajstić information content (AvgIpc) is 3.28. The van der Waals surface area contributed by atoms with Gasteiger partial charge in [0.05, 0.1) is 16.7 Å². The number of rotatable bonds is 5. The van der Waals surface area contributed by atoms with Crippen LogP contribution in [0.4, 0.5) is 8.78 Å². The molecular formula is C17H11ClF2N4OS. The zero-order chi connectivity index (χ0) is 18.1. The molecule has 26 heavy (non-hydrogen) atoms. The van der Waals surface area contributed by atoms with Gasteiger partial charge in [0.25, 0.3) is 11.8 Å². The van der Waals surface area contributed by atoms with Gasteiger partial charge in [-0.2, -0.15) is 8.78 Å². The average molecular weight is 393 g/mol. The Bertz CT molecular complexity index is 1050. The van der Waals surface area contributed by atoms with E-state index < -0.39 is 12.3 Å². The molecule has 0 aliphatic carbocycles. The SMILES string of the molecule is FC(F)c1nnc(-c2ncc3c(Cl)cc(SCc4ccccc4)cn23)o1. The summed E-state index contributed by atoms with van der Waals surface area (Å²) in [5.74, 6) is 0.213. The molecular weight excluding hydrogens is 382 g/mol. The van der Waals surface area contributed by atoms with Gasteiger partial charge in [-0.25, -0.2) is 4.98 Å².